The van der Waals surface area contributed by atoms with Crippen molar-refractivity contribution in [3.63, 3.8) is 0 Å². The van der Waals surface area contributed by atoms with Crippen molar-refractivity contribution in [2.75, 3.05) is 10.6 Å². The number of hydrogen-bond donors (Lipinski definition) is 3. The van der Waals surface area contributed by atoms with E-state index in [0.29, 0.717) is 11.3 Å². The van der Waals surface area contributed by atoms with E-state index in [2.05, 4.69) is 14.7 Å². The normalized spacial score (nSPS) is 11.5. The number of nitrogens with two attached hydrogens (primary N) is 2. The van der Waals surface area contributed by atoms with Crippen LogP contribution in [0.15, 0.2) is 79.1 Å². The maximum atomic E-state index is 14.0. The zero-order valence-corrected chi connectivity index (χ0v) is 20.9. The number of amides is 3. The van der Waals surface area contributed by atoms with Gasteiger partial charge in [-0.2, -0.15) is 4.37 Å². The van der Waals surface area contributed by atoms with Gasteiger partial charge in [-0.1, -0.05) is 49.4 Å². The molecule has 4 aromatic rings. The number of anilines is 2. The molecule has 10 heteroatoms. The molecule has 4 rings (SSSR count). The number of carbonyl (C=O) groups is 3. The first-order valence-electron chi connectivity index (χ1n) is 11.6. The third kappa shape index (κ3) is 5.65. The van der Waals surface area contributed by atoms with Crippen LogP contribution in [0.1, 0.15) is 49.8 Å². The molecule has 0 unspecified atom stereocenters. The van der Waals surface area contributed by atoms with Crippen LogP contribution >= 0.6 is 11.5 Å². The third-order valence-electron chi connectivity index (χ3n) is 5.84. The molecule has 1 atom stereocenters. The minimum absolute atomic E-state index is 0.0169. The van der Waals surface area contributed by atoms with E-state index in [9.17, 15) is 14.4 Å². The van der Waals surface area contributed by atoms with Crippen LogP contribution in [0.25, 0.3) is 0 Å². The predicted octanol–water partition coefficient (Wildman–Crippen LogP) is 3.49. The fraction of sp³-hybridized carbons (Fsp3) is 0.148. The van der Waals surface area contributed by atoms with E-state index >= 15 is 0 Å². The van der Waals surface area contributed by atoms with Gasteiger partial charge in [0.1, 0.15) is 10.9 Å². The molecule has 0 aliphatic carbocycles. The highest BCUT2D eigenvalue weighted by Gasteiger charge is 2.36. The molecule has 2 aromatic carbocycles. The van der Waals surface area contributed by atoms with Crippen LogP contribution in [-0.2, 0) is 17.8 Å². The lowest BCUT2D eigenvalue weighted by Gasteiger charge is -2.31. The Morgan fingerprint density at radius 1 is 0.973 bits per heavy atom. The fourth-order valence-electron chi connectivity index (χ4n) is 3.86. The third-order valence-corrected chi connectivity index (χ3v) is 6.69. The van der Waals surface area contributed by atoms with Crippen LogP contribution in [0, 0.1) is 0 Å². The van der Waals surface area contributed by atoms with Crippen LogP contribution in [0.3, 0.4) is 0 Å². The molecular weight excluding hydrogens is 488 g/mol. The Hall–Kier alpha value is -4.57. The lowest BCUT2D eigenvalue weighted by Crippen LogP contribution is -2.44. The van der Waals surface area contributed by atoms with Crippen LogP contribution in [0.5, 0.6) is 0 Å². The topological polar surface area (TPSA) is 144 Å². The Bertz CT molecular complexity index is 1390. The first kappa shape index (κ1) is 25.5. The smallest absolute Gasteiger partial charge is 0.273 e. The fourth-order valence-corrected chi connectivity index (χ4v) is 4.60. The van der Waals surface area contributed by atoms with Gasteiger partial charge in [0, 0.05) is 24.6 Å². The summed E-state index contributed by atoms with van der Waals surface area (Å²) in [5, 5.41) is 2.94. The molecule has 0 aliphatic heterocycles. The Labute approximate surface area is 218 Å². The largest absolute Gasteiger partial charge is 0.395 e. The molecule has 3 amide bonds. The van der Waals surface area contributed by atoms with E-state index in [4.69, 9.17) is 11.5 Å². The maximum Gasteiger partial charge on any atom is 0.273 e. The molecule has 2 aromatic heterocycles. The van der Waals surface area contributed by atoms with Crippen molar-refractivity contribution in [2.24, 2.45) is 5.73 Å². The van der Waals surface area contributed by atoms with E-state index < -0.39 is 23.8 Å². The first-order chi connectivity index (χ1) is 17.9. The number of hydrogen-bond acceptors (Lipinski definition) is 7. The average molecular weight is 515 g/mol. The number of benzene rings is 2. The van der Waals surface area contributed by atoms with Crippen molar-refractivity contribution in [1.29, 1.82) is 0 Å². The molecule has 0 aliphatic rings. The molecule has 0 saturated heterocycles. The molecule has 0 saturated carbocycles. The number of carbonyl (C=O) groups excluding carboxylic acids is 3. The lowest BCUT2D eigenvalue weighted by molar-refractivity contribution is -0.122. The van der Waals surface area contributed by atoms with Crippen molar-refractivity contribution < 1.29 is 14.4 Å². The van der Waals surface area contributed by atoms with E-state index in [-0.39, 0.29) is 22.8 Å². The highest BCUT2D eigenvalue weighted by Crippen LogP contribution is 2.33. The lowest BCUT2D eigenvalue weighted by atomic mass is 10.0. The van der Waals surface area contributed by atoms with Crippen molar-refractivity contribution in [1.82, 2.24) is 14.7 Å². The Morgan fingerprint density at radius 2 is 1.65 bits per heavy atom. The van der Waals surface area contributed by atoms with Gasteiger partial charge in [-0.15, -0.1) is 0 Å². The number of aromatic nitrogens is 2. The van der Waals surface area contributed by atoms with Crippen LogP contribution in [-0.4, -0.2) is 27.1 Å². The summed E-state index contributed by atoms with van der Waals surface area (Å²) in [7, 11) is 0. The summed E-state index contributed by atoms with van der Waals surface area (Å²) in [6.45, 7) is 2.30. The summed E-state index contributed by atoms with van der Waals surface area (Å²) in [6, 6.07) is 19.1. The molecule has 0 fully saturated rings. The number of primary amides is 1. The van der Waals surface area contributed by atoms with Gasteiger partial charge in [0.05, 0.1) is 5.69 Å². The average Bonchev–Trinajstić information content (AvgIpc) is 3.32. The summed E-state index contributed by atoms with van der Waals surface area (Å²) in [6.07, 6.45) is 3.92. The second-order valence-electron chi connectivity index (χ2n) is 8.22. The van der Waals surface area contributed by atoms with Gasteiger partial charge >= 0.3 is 0 Å². The number of nitrogens with zero attached hydrogens (tertiary/aromatic N) is 3. The molecule has 37 heavy (non-hydrogen) atoms. The van der Waals surface area contributed by atoms with Crippen molar-refractivity contribution in [3.05, 3.63) is 106 Å². The van der Waals surface area contributed by atoms with Gasteiger partial charge in [-0.3, -0.25) is 24.3 Å². The standard InChI is InChI=1S/C27H26N6O3S/c1-2-17-8-10-20(11-9-17)33(27(36)24-21(28)22(25(29)34)32-37-24)23(19-12-14-30-15-13-19)26(35)31-16-18-6-4-3-5-7-18/h3-15,23H,2,16,28H2,1H3,(H2,29,34)(H,31,35)/t23-/m0/s1. The van der Waals surface area contributed by atoms with Gasteiger partial charge in [-0.25, -0.2) is 0 Å². The van der Waals surface area contributed by atoms with Gasteiger partial charge in [0.2, 0.25) is 5.91 Å². The van der Waals surface area contributed by atoms with E-state index in [1.54, 1.807) is 36.7 Å². The molecule has 0 radical (unpaired) electrons. The van der Waals surface area contributed by atoms with E-state index in [1.165, 1.54) is 4.90 Å². The SMILES string of the molecule is CCc1ccc(N(C(=O)c2snc(C(N)=O)c2N)[C@H](C(=O)NCc2ccccc2)c2ccncc2)cc1. The molecule has 5 N–H and O–H groups in total. The first-order valence-corrected chi connectivity index (χ1v) is 12.4. The summed E-state index contributed by atoms with van der Waals surface area (Å²) in [5.41, 5.74) is 14.2. The molecule has 9 nitrogen and oxygen atoms in total. The van der Waals surface area contributed by atoms with E-state index in [0.717, 1.165) is 29.1 Å². The van der Waals surface area contributed by atoms with Crippen molar-refractivity contribution in [2.45, 2.75) is 25.9 Å². The van der Waals surface area contributed by atoms with Gasteiger partial charge in [0.25, 0.3) is 11.8 Å². The van der Waals surface area contributed by atoms with E-state index in [1.807, 2.05) is 49.4 Å². The second kappa shape index (κ2) is 11.4. The molecule has 0 spiro atoms. The minimum atomic E-state index is -1.06. The number of nitrogens with one attached hydrogen (secondary N) is 1. The monoisotopic (exact) mass is 514 g/mol. The number of rotatable bonds is 9. The number of nitrogen functional groups attached to an aromatic ring is 1. The molecular formula is C27H26N6O3S. The van der Waals surface area contributed by atoms with Gasteiger partial charge < -0.3 is 16.8 Å². The predicted molar refractivity (Wildman–Crippen MR) is 143 cm³/mol. The molecule has 2 heterocycles. The quantitative estimate of drug-likeness (QED) is 0.312. The zero-order valence-electron chi connectivity index (χ0n) is 20.1. The van der Waals surface area contributed by atoms with Gasteiger partial charge in [-0.05, 0) is 58.9 Å². The Balaban J connectivity index is 1.81. The summed E-state index contributed by atoms with van der Waals surface area (Å²) < 4.78 is 3.98. The Morgan fingerprint density at radius 3 is 2.24 bits per heavy atom. The Kier molecular flexibility index (Phi) is 7.89. The van der Waals surface area contributed by atoms with Crippen LogP contribution < -0.4 is 21.7 Å². The van der Waals surface area contributed by atoms with Crippen molar-refractivity contribution in [3.8, 4) is 0 Å². The second-order valence-corrected chi connectivity index (χ2v) is 8.99. The summed E-state index contributed by atoms with van der Waals surface area (Å²) in [5.74, 6) is -1.82. The van der Waals surface area contributed by atoms with Crippen LogP contribution in [0.4, 0.5) is 11.4 Å². The minimum Gasteiger partial charge on any atom is -0.395 e. The highest BCUT2D eigenvalue weighted by molar-refractivity contribution is 7.09. The molecule has 188 valence electrons. The van der Waals surface area contributed by atoms with Gasteiger partial charge in [0.15, 0.2) is 5.69 Å². The number of pyridine rings is 1. The summed E-state index contributed by atoms with van der Waals surface area (Å²) >= 11 is 0.767. The van der Waals surface area contributed by atoms with Crippen LogP contribution in [0.2, 0.25) is 0 Å². The molecule has 0 bridgehead atoms. The maximum absolute atomic E-state index is 14.0. The number of aryl methyl sites for hydroxylation is 1. The zero-order chi connectivity index (χ0) is 26.4. The van der Waals surface area contributed by atoms with Crippen molar-refractivity contribution >= 4 is 40.6 Å². The summed E-state index contributed by atoms with van der Waals surface area (Å²) in [4.78, 5) is 44.9. The highest BCUT2D eigenvalue weighted by atomic mass is 32.1.